The van der Waals surface area contributed by atoms with Crippen LogP contribution in [0.15, 0.2) is 18.2 Å². The number of benzene rings is 1. The van der Waals surface area contributed by atoms with Crippen molar-refractivity contribution in [2.24, 2.45) is 0 Å². The number of unbranched alkanes of at least 4 members (excludes halogenated alkanes) is 5. The fraction of sp³-hybridized carbons (Fsp3) is 0.529. The Balaban J connectivity index is 2.47. The topological polar surface area (TPSA) is 18.5 Å². The third-order valence-corrected chi connectivity index (χ3v) is 2.99. The zero-order valence-corrected chi connectivity index (χ0v) is 12.3. The molecule has 0 aromatic heterocycles. The molecule has 2 nitrogen and oxygen atoms in total. The van der Waals surface area contributed by atoms with Crippen molar-refractivity contribution in [2.75, 3.05) is 14.2 Å². The van der Waals surface area contributed by atoms with E-state index >= 15 is 0 Å². The zero-order valence-electron chi connectivity index (χ0n) is 12.3. The molecule has 1 aromatic rings. The third-order valence-electron chi connectivity index (χ3n) is 2.99. The SMILES string of the molecule is CCCCCCCC#Cc1cc(OC)cc(OC)c1. The highest BCUT2D eigenvalue weighted by molar-refractivity contribution is 5.46. The summed E-state index contributed by atoms with van der Waals surface area (Å²) in [4.78, 5) is 0. The quantitative estimate of drug-likeness (QED) is 0.534. The van der Waals surface area contributed by atoms with E-state index in [0.29, 0.717) is 0 Å². The van der Waals surface area contributed by atoms with Crippen LogP contribution < -0.4 is 9.47 Å². The molecule has 0 unspecified atom stereocenters. The molecule has 2 heteroatoms. The standard InChI is InChI=1S/C17H24O2/c1-4-5-6-7-8-9-10-11-15-12-16(18-2)14-17(13-15)19-3/h12-14H,4-9H2,1-3H3. The number of rotatable bonds is 7. The lowest BCUT2D eigenvalue weighted by atomic mass is 10.1. The van der Waals surface area contributed by atoms with Crippen molar-refractivity contribution in [1.82, 2.24) is 0 Å². The first kappa shape index (κ1) is 15.4. The highest BCUT2D eigenvalue weighted by atomic mass is 16.5. The van der Waals surface area contributed by atoms with Crippen molar-refractivity contribution in [3.63, 3.8) is 0 Å². The van der Waals surface area contributed by atoms with Gasteiger partial charge in [0.25, 0.3) is 0 Å². The molecule has 0 saturated carbocycles. The minimum Gasteiger partial charge on any atom is -0.497 e. The molecule has 1 aromatic carbocycles. The highest BCUT2D eigenvalue weighted by Gasteiger charge is 1.99. The first-order valence-electron chi connectivity index (χ1n) is 7.02. The second-order valence-corrected chi connectivity index (χ2v) is 4.57. The van der Waals surface area contributed by atoms with E-state index in [1.54, 1.807) is 14.2 Å². The van der Waals surface area contributed by atoms with Gasteiger partial charge in [0, 0.05) is 18.1 Å². The van der Waals surface area contributed by atoms with Crippen LogP contribution in [0.3, 0.4) is 0 Å². The van der Waals surface area contributed by atoms with Gasteiger partial charge >= 0.3 is 0 Å². The van der Waals surface area contributed by atoms with Gasteiger partial charge in [0.1, 0.15) is 11.5 Å². The third kappa shape index (κ3) is 6.20. The van der Waals surface area contributed by atoms with E-state index in [0.717, 1.165) is 23.5 Å². The van der Waals surface area contributed by atoms with Crippen molar-refractivity contribution in [1.29, 1.82) is 0 Å². The molecular weight excluding hydrogens is 236 g/mol. The smallest absolute Gasteiger partial charge is 0.123 e. The lowest BCUT2D eigenvalue weighted by Gasteiger charge is -2.04. The molecule has 0 aliphatic rings. The summed E-state index contributed by atoms with van der Waals surface area (Å²) in [5.41, 5.74) is 0.949. The summed E-state index contributed by atoms with van der Waals surface area (Å²) in [5.74, 6) is 7.96. The largest absolute Gasteiger partial charge is 0.497 e. The van der Waals surface area contributed by atoms with Crippen molar-refractivity contribution in [2.45, 2.75) is 45.4 Å². The normalized spacial score (nSPS) is 9.63. The Morgan fingerprint density at radius 3 is 2.11 bits per heavy atom. The van der Waals surface area contributed by atoms with Crippen molar-refractivity contribution >= 4 is 0 Å². The summed E-state index contributed by atoms with van der Waals surface area (Å²) in [6, 6.07) is 5.73. The molecule has 0 radical (unpaired) electrons. The van der Waals surface area contributed by atoms with E-state index in [2.05, 4.69) is 18.8 Å². The van der Waals surface area contributed by atoms with E-state index in [1.165, 1.54) is 32.1 Å². The lowest BCUT2D eigenvalue weighted by Crippen LogP contribution is -1.88. The second-order valence-electron chi connectivity index (χ2n) is 4.57. The Morgan fingerprint density at radius 1 is 0.895 bits per heavy atom. The number of hydrogen-bond acceptors (Lipinski definition) is 2. The minimum absolute atomic E-state index is 0.784. The lowest BCUT2D eigenvalue weighted by molar-refractivity contribution is 0.394. The van der Waals surface area contributed by atoms with Gasteiger partial charge in [0.2, 0.25) is 0 Å². The first-order valence-corrected chi connectivity index (χ1v) is 7.02. The van der Waals surface area contributed by atoms with Crippen LogP contribution in [0, 0.1) is 11.8 Å². The summed E-state index contributed by atoms with van der Waals surface area (Å²) >= 11 is 0. The fourth-order valence-electron chi connectivity index (χ4n) is 1.86. The molecule has 104 valence electrons. The molecule has 0 amide bonds. The van der Waals surface area contributed by atoms with Gasteiger partial charge in [-0.1, -0.05) is 44.4 Å². The predicted octanol–water partition coefficient (Wildman–Crippen LogP) is 4.42. The average Bonchev–Trinajstić information content (AvgIpc) is 2.45. The van der Waals surface area contributed by atoms with Crippen LogP contribution >= 0.6 is 0 Å². The second kappa shape index (κ2) is 9.33. The molecule has 0 N–H and O–H groups in total. The zero-order chi connectivity index (χ0) is 13.9. The number of hydrogen-bond donors (Lipinski definition) is 0. The summed E-state index contributed by atoms with van der Waals surface area (Å²) in [6.45, 7) is 2.23. The summed E-state index contributed by atoms with van der Waals surface area (Å²) in [6.07, 6.45) is 7.38. The Morgan fingerprint density at radius 2 is 1.53 bits per heavy atom. The molecule has 0 spiro atoms. The maximum Gasteiger partial charge on any atom is 0.123 e. The first-order chi connectivity index (χ1) is 9.30. The minimum atomic E-state index is 0.784. The highest BCUT2D eigenvalue weighted by Crippen LogP contribution is 2.21. The molecule has 1 rings (SSSR count). The average molecular weight is 260 g/mol. The van der Waals surface area contributed by atoms with E-state index in [9.17, 15) is 0 Å². The molecule has 0 heterocycles. The molecular formula is C17H24O2. The van der Waals surface area contributed by atoms with Crippen molar-refractivity contribution in [3.05, 3.63) is 23.8 Å². The molecule has 0 atom stereocenters. The monoisotopic (exact) mass is 260 g/mol. The van der Waals surface area contributed by atoms with E-state index < -0.39 is 0 Å². The van der Waals surface area contributed by atoms with Gasteiger partial charge in [-0.3, -0.25) is 0 Å². The van der Waals surface area contributed by atoms with Crippen molar-refractivity contribution < 1.29 is 9.47 Å². The van der Waals surface area contributed by atoms with Gasteiger partial charge in [-0.15, -0.1) is 0 Å². The van der Waals surface area contributed by atoms with E-state index in [4.69, 9.17) is 9.47 Å². The van der Waals surface area contributed by atoms with Crippen LogP contribution in [0.2, 0.25) is 0 Å². The number of methoxy groups -OCH3 is 2. The maximum atomic E-state index is 5.22. The Kier molecular flexibility index (Phi) is 7.58. The van der Waals surface area contributed by atoms with Crippen LogP contribution in [0.25, 0.3) is 0 Å². The van der Waals surface area contributed by atoms with Gasteiger partial charge < -0.3 is 9.47 Å². The molecule has 19 heavy (non-hydrogen) atoms. The van der Waals surface area contributed by atoms with E-state index in [-0.39, 0.29) is 0 Å². The Hall–Kier alpha value is -1.62. The van der Waals surface area contributed by atoms with E-state index in [1.807, 2.05) is 18.2 Å². The maximum absolute atomic E-state index is 5.22. The van der Waals surface area contributed by atoms with Crippen LogP contribution in [-0.4, -0.2) is 14.2 Å². The summed E-state index contributed by atoms with van der Waals surface area (Å²) in [7, 11) is 3.30. The molecule has 0 fully saturated rings. The Bertz CT molecular complexity index is 404. The summed E-state index contributed by atoms with van der Waals surface area (Å²) < 4.78 is 10.4. The van der Waals surface area contributed by atoms with Gasteiger partial charge in [-0.2, -0.15) is 0 Å². The fourth-order valence-corrected chi connectivity index (χ4v) is 1.86. The molecule has 0 bridgehead atoms. The van der Waals surface area contributed by atoms with Gasteiger partial charge in [-0.25, -0.2) is 0 Å². The van der Waals surface area contributed by atoms with Gasteiger partial charge in [0.05, 0.1) is 14.2 Å². The molecule has 0 aliphatic carbocycles. The van der Waals surface area contributed by atoms with Crippen LogP contribution in [0.5, 0.6) is 11.5 Å². The Labute approximate surface area is 117 Å². The molecule has 0 aliphatic heterocycles. The van der Waals surface area contributed by atoms with Gasteiger partial charge in [-0.05, 0) is 18.6 Å². The predicted molar refractivity (Wildman–Crippen MR) is 79.8 cm³/mol. The van der Waals surface area contributed by atoms with Gasteiger partial charge in [0.15, 0.2) is 0 Å². The number of ether oxygens (including phenoxy) is 2. The molecule has 0 saturated heterocycles. The van der Waals surface area contributed by atoms with Crippen LogP contribution in [0.4, 0.5) is 0 Å². The van der Waals surface area contributed by atoms with Crippen molar-refractivity contribution in [3.8, 4) is 23.3 Å². The summed E-state index contributed by atoms with van der Waals surface area (Å²) in [5, 5.41) is 0. The van der Waals surface area contributed by atoms with Crippen LogP contribution in [0.1, 0.15) is 51.0 Å². The van der Waals surface area contributed by atoms with Crippen LogP contribution in [-0.2, 0) is 0 Å².